The molecule has 0 aliphatic heterocycles. The second-order valence-electron chi connectivity index (χ2n) is 4.61. The minimum absolute atomic E-state index is 0. The van der Waals surface area contributed by atoms with Crippen LogP contribution in [-0.4, -0.2) is 20.8 Å². The van der Waals surface area contributed by atoms with Gasteiger partial charge in [-0.15, -0.1) is 12.4 Å². The third-order valence-corrected chi connectivity index (χ3v) is 3.18. The Morgan fingerprint density at radius 3 is 2.41 bits per heavy atom. The standard InChI is InChI=1S/C17H14N2O.ClH.H2O/c20-17(12-19-10-9-18-13-19)16-8-4-7-15(11-16)14-5-2-1-3-6-14;;/h1-11,13H,12H2;1H;1H2. The molecule has 4 nitrogen and oxygen atoms in total. The van der Waals surface area contributed by atoms with E-state index in [9.17, 15) is 4.79 Å². The predicted octanol–water partition coefficient (Wildman–Crippen LogP) is 3.03. The van der Waals surface area contributed by atoms with E-state index in [1.54, 1.807) is 23.3 Å². The fraction of sp³-hybridized carbons (Fsp3) is 0.0588. The van der Waals surface area contributed by atoms with Crippen LogP contribution in [0.15, 0.2) is 73.3 Å². The zero-order valence-corrected chi connectivity index (χ0v) is 12.7. The Hall–Kier alpha value is -2.43. The molecule has 2 N–H and O–H groups in total. The summed E-state index contributed by atoms with van der Waals surface area (Å²) in [4.78, 5) is 16.2. The number of halogens is 1. The molecule has 22 heavy (non-hydrogen) atoms. The first-order chi connectivity index (χ1) is 9.83. The lowest BCUT2D eigenvalue weighted by Gasteiger charge is -2.05. The summed E-state index contributed by atoms with van der Waals surface area (Å²) in [5.41, 5.74) is 2.90. The van der Waals surface area contributed by atoms with Crippen molar-refractivity contribution in [1.29, 1.82) is 0 Å². The van der Waals surface area contributed by atoms with Crippen molar-refractivity contribution in [2.24, 2.45) is 0 Å². The number of ketones is 1. The van der Waals surface area contributed by atoms with E-state index in [1.807, 2.05) is 54.6 Å². The number of imidazole rings is 1. The largest absolute Gasteiger partial charge is 0.412 e. The van der Waals surface area contributed by atoms with Crippen LogP contribution in [0.1, 0.15) is 10.4 Å². The lowest BCUT2D eigenvalue weighted by molar-refractivity contribution is 0.0972. The minimum Gasteiger partial charge on any atom is -0.412 e. The van der Waals surface area contributed by atoms with E-state index in [2.05, 4.69) is 4.98 Å². The highest BCUT2D eigenvalue weighted by atomic mass is 35.5. The fourth-order valence-electron chi connectivity index (χ4n) is 2.14. The zero-order valence-electron chi connectivity index (χ0n) is 11.8. The van der Waals surface area contributed by atoms with E-state index in [1.165, 1.54) is 0 Å². The first-order valence-electron chi connectivity index (χ1n) is 6.47. The molecular weight excluding hydrogens is 300 g/mol. The average Bonchev–Trinajstić information content (AvgIpc) is 3.01. The van der Waals surface area contributed by atoms with Crippen molar-refractivity contribution in [2.45, 2.75) is 6.54 Å². The Balaban J connectivity index is 0.00000121. The van der Waals surface area contributed by atoms with Crippen molar-refractivity contribution >= 4 is 18.2 Å². The fourth-order valence-corrected chi connectivity index (χ4v) is 2.14. The van der Waals surface area contributed by atoms with Gasteiger partial charge in [-0.3, -0.25) is 4.79 Å². The summed E-state index contributed by atoms with van der Waals surface area (Å²) in [5, 5.41) is 0. The summed E-state index contributed by atoms with van der Waals surface area (Å²) in [6.07, 6.45) is 5.12. The highest BCUT2D eigenvalue weighted by Crippen LogP contribution is 2.20. The van der Waals surface area contributed by atoms with Crippen LogP contribution >= 0.6 is 12.4 Å². The molecule has 3 rings (SSSR count). The Labute approximate surface area is 135 Å². The normalized spacial score (nSPS) is 9.45. The monoisotopic (exact) mass is 316 g/mol. The number of Topliss-reactive ketones (excluding diaryl/α,β-unsaturated/α-hetero) is 1. The number of carbonyl (C=O) groups excluding carboxylic acids is 1. The molecule has 2 aromatic carbocycles. The van der Waals surface area contributed by atoms with Gasteiger partial charge in [0.05, 0.1) is 12.9 Å². The van der Waals surface area contributed by atoms with E-state index in [-0.39, 0.29) is 23.7 Å². The Morgan fingerprint density at radius 2 is 1.73 bits per heavy atom. The van der Waals surface area contributed by atoms with Crippen molar-refractivity contribution in [2.75, 3.05) is 0 Å². The lowest BCUT2D eigenvalue weighted by Crippen LogP contribution is -2.08. The van der Waals surface area contributed by atoms with E-state index in [0.717, 1.165) is 16.7 Å². The van der Waals surface area contributed by atoms with Gasteiger partial charge in [0, 0.05) is 18.0 Å². The number of hydrogen-bond donors (Lipinski definition) is 0. The van der Waals surface area contributed by atoms with Gasteiger partial charge in [0.15, 0.2) is 5.78 Å². The molecule has 0 saturated heterocycles. The third-order valence-electron chi connectivity index (χ3n) is 3.18. The molecule has 0 unspecified atom stereocenters. The molecule has 1 heterocycles. The first-order valence-corrected chi connectivity index (χ1v) is 6.47. The van der Waals surface area contributed by atoms with Crippen LogP contribution in [0.3, 0.4) is 0 Å². The van der Waals surface area contributed by atoms with Crippen LogP contribution in [0, 0.1) is 0 Å². The van der Waals surface area contributed by atoms with Gasteiger partial charge in [0.25, 0.3) is 0 Å². The van der Waals surface area contributed by atoms with Crippen molar-refractivity contribution in [3.63, 3.8) is 0 Å². The number of benzene rings is 2. The number of rotatable bonds is 4. The number of aromatic nitrogens is 2. The molecule has 1 aromatic heterocycles. The number of hydrogen-bond acceptors (Lipinski definition) is 2. The highest BCUT2D eigenvalue weighted by molar-refractivity contribution is 5.97. The smallest absolute Gasteiger partial charge is 0.182 e. The Morgan fingerprint density at radius 1 is 1.00 bits per heavy atom. The number of nitrogens with zero attached hydrogens (tertiary/aromatic N) is 2. The molecule has 0 aliphatic rings. The van der Waals surface area contributed by atoms with Crippen molar-refractivity contribution < 1.29 is 10.3 Å². The van der Waals surface area contributed by atoms with Gasteiger partial charge < -0.3 is 10.0 Å². The Kier molecular flexibility index (Phi) is 6.50. The van der Waals surface area contributed by atoms with E-state index in [0.29, 0.717) is 6.54 Å². The summed E-state index contributed by atoms with van der Waals surface area (Å²) in [7, 11) is 0. The molecule has 0 radical (unpaired) electrons. The van der Waals surface area contributed by atoms with Crippen LogP contribution in [0.2, 0.25) is 0 Å². The molecule has 3 aromatic rings. The molecule has 114 valence electrons. The molecule has 0 aliphatic carbocycles. The summed E-state index contributed by atoms with van der Waals surface area (Å²) in [6.45, 7) is 0.318. The SMILES string of the molecule is Cl.O.O=C(Cn1ccnc1)c1cccc(-c2ccccc2)c1. The van der Waals surface area contributed by atoms with Gasteiger partial charge in [0.1, 0.15) is 0 Å². The molecule has 0 amide bonds. The number of carbonyl (C=O) groups is 1. The maximum Gasteiger partial charge on any atom is 0.182 e. The molecule has 0 fully saturated rings. The van der Waals surface area contributed by atoms with Gasteiger partial charge in [-0.05, 0) is 17.2 Å². The van der Waals surface area contributed by atoms with E-state index >= 15 is 0 Å². The predicted molar refractivity (Wildman–Crippen MR) is 89.3 cm³/mol. The first kappa shape index (κ1) is 17.6. The van der Waals surface area contributed by atoms with Crippen molar-refractivity contribution in [3.05, 3.63) is 78.9 Å². The highest BCUT2D eigenvalue weighted by Gasteiger charge is 2.07. The van der Waals surface area contributed by atoms with Gasteiger partial charge in [-0.1, -0.05) is 48.5 Å². The summed E-state index contributed by atoms with van der Waals surface area (Å²) >= 11 is 0. The van der Waals surface area contributed by atoms with Crippen molar-refractivity contribution in [3.8, 4) is 11.1 Å². The van der Waals surface area contributed by atoms with Crippen LogP contribution < -0.4 is 0 Å². The van der Waals surface area contributed by atoms with Crippen LogP contribution in [0.5, 0.6) is 0 Å². The topological polar surface area (TPSA) is 66.4 Å². The maximum absolute atomic E-state index is 12.2. The maximum atomic E-state index is 12.2. The minimum atomic E-state index is 0. The van der Waals surface area contributed by atoms with E-state index in [4.69, 9.17) is 0 Å². The van der Waals surface area contributed by atoms with Gasteiger partial charge in [0.2, 0.25) is 0 Å². The van der Waals surface area contributed by atoms with Crippen LogP contribution in [0.4, 0.5) is 0 Å². The van der Waals surface area contributed by atoms with Gasteiger partial charge in [-0.25, -0.2) is 4.98 Å². The molecule has 0 spiro atoms. The quantitative estimate of drug-likeness (QED) is 0.694. The third kappa shape index (κ3) is 4.04. The molecule has 0 atom stereocenters. The van der Waals surface area contributed by atoms with Crippen LogP contribution in [0.25, 0.3) is 11.1 Å². The second-order valence-corrected chi connectivity index (χ2v) is 4.61. The molecule has 0 bridgehead atoms. The molecular formula is C17H17ClN2O2. The second kappa shape index (κ2) is 8.12. The lowest BCUT2D eigenvalue weighted by atomic mass is 10.0. The Bertz CT molecular complexity index is 713. The molecule has 5 heteroatoms. The van der Waals surface area contributed by atoms with E-state index < -0.39 is 0 Å². The summed E-state index contributed by atoms with van der Waals surface area (Å²) in [5.74, 6) is 0.0841. The van der Waals surface area contributed by atoms with Crippen molar-refractivity contribution in [1.82, 2.24) is 9.55 Å². The van der Waals surface area contributed by atoms with Gasteiger partial charge in [-0.2, -0.15) is 0 Å². The molecule has 0 saturated carbocycles. The van der Waals surface area contributed by atoms with Crippen LogP contribution in [-0.2, 0) is 6.54 Å². The summed E-state index contributed by atoms with van der Waals surface area (Å²) < 4.78 is 1.78. The zero-order chi connectivity index (χ0) is 13.8. The average molecular weight is 317 g/mol. The summed E-state index contributed by atoms with van der Waals surface area (Å²) in [6, 6.07) is 17.8. The van der Waals surface area contributed by atoms with Gasteiger partial charge >= 0.3 is 0 Å².